The molecule has 1 unspecified atom stereocenters. The van der Waals surface area contributed by atoms with Gasteiger partial charge in [-0.3, -0.25) is 9.59 Å². The average Bonchev–Trinajstić information content (AvgIpc) is 2.77. The Morgan fingerprint density at radius 1 is 1.06 bits per heavy atom. The molecule has 0 radical (unpaired) electrons. The number of nitrogens with one attached hydrogen (secondary N) is 1. The summed E-state index contributed by atoms with van der Waals surface area (Å²) in [6.07, 6.45) is 1.28. The topological polar surface area (TPSA) is 58.6 Å². The van der Waals surface area contributed by atoms with Crippen LogP contribution in [0.5, 0.6) is 5.75 Å². The Bertz CT molecular complexity index is 940. The maximum Gasteiger partial charge on any atom is 0.261 e. The van der Waals surface area contributed by atoms with Crippen molar-refractivity contribution in [2.24, 2.45) is 0 Å². The van der Waals surface area contributed by atoms with Crippen molar-refractivity contribution in [3.63, 3.8) is 0 Å². The van der Waals surface area contributed by atoms with Crippen molar-refractivity contribution in [1.29, 1.82) is 0 Å². The molecule has 7 heteroatoms. The highest BCUT2D eigenvalue weighted by Crippen LogP contribution is 2.25. The van der Waals surface area contributed by atoms with Gasteiger partial charge in [-0.2, -0.15) is 0 Å². The standard InChI is InChI=1S/C26H34Cl2N2O3/c1-6-14-29-25(32)23(7-2)30(16-18-8-11-20(27)15-22(18)28)24(31)17-33-21-12-9-19(10-13-21)26(3,4)5/h8-13,15,23H,6-7,14,16-17H2,1-5H3,(H,29,32). The summed E-state index contributed by atoms with van der Waals surface area (Å²) in [5.41, 5.74) is 1.92. The van der Waals surface area contributed by atoms with Crippen LogP contribution in [-0.2, 0) is 21.5 Å². The van der Waals surface area contributed by atoms with Crippen LogP contribution >= 0.6 is 23.2 Å². The summed E-state index contributed by atoms with van der Waals surface area (Å²) in [7, 11) is 0. The van der Waals surface area contributed by atoms with E-state index in [0.29, 0.717) is 34.3 Å². The van der Waals surface area contributed by atoms with Crippen molar-refractivity contribution >= 4 is 35.0 Å². The SMILES string of the molecule is CCCNC(=O)C(CC)N(Cc1ccc(Cl)cc1Cl)C(=O)COc1ccc(C(C)(C)C)cc1. The Balaban J connectivity index is 2.21. The van der Waals surface area contributed by atoms with E-state index in [0.717, 1.165) is 6.42 Å². The minimum absolute atomic E-state index is 0.0309. The van der Waals surface area contributed by atoms with E-state index in [1.807, 2.05) is 38.1 Å². The molecule has 180 valence electrons. The second-order valence-corrected chi connectivity index (χ2v) is 9.88. The first-order valence-corrected chi connectivity index (χ1v) is 12.1. The fourth-order valence-electron chi connectivity index (χ4n) is 3.40. The summed E-state index contributed by atoms with van der Waals surface area (Å²) >= 11 is 12.4. The molecule has 2 aromatic rings. The van der Waals surface area contributed by atoms with Crippen LogP contribution in [0.4, 0.5) is 0 Å². The zero-order valence-corrected chi connectivity index (χ0v) is 21.6. The van der Waals surface area contributed by atoms with Gasteiger partial charge < -0.3 is 15.0 Å². The number of benzene rings is 2. The molecule has 0 heterocycles. The van der Waals surface area contributed by atoms with Gasteiger partial charge in [0.2, 0.25) is 5.91 Å². The van der Waals surface area contributed by atoms with Gasteiger partial charge in [0.1, 0.15) is 11.8 Å². The average molecular weight is 493 g/mol. The number of amides is 2. The lowest BCUT2D eigenvalue weighted by molar-refractivity contribution is -0.143. The summed E-state index contributed by atoms with van der Waals surface area (Å²) in [6, 6.07) is 12.2. The van der Waals surface area contributed by atoms with Crippen molar-refractivity contribution < 1.29 is 14.3 Å². The molecule has 0 aliphatic carbocycles. The van der Waals surface area contributed by atoms with E-state index in [-0.39, 0.29) is 30.4 Å². The lowest BCUT2D eigenvalue weighted by Crippen LogP contribution is -2.50. The number of ether oxygens (including phenoxy) is 1. The van der Waals surface area contributed by atoms with Crippen molar-refractivity contribution in [3.8, 4) is 5.75 Å². The van der Waals surface area contributed by atoms with E-state index in [1.54, 1.807) is 18.2 Å². The molecule has 0 aliphatic rings. The lowest BCUT2D eigenvalue weighted by Gasteiger charge is -2.31. The summed E-state index contributed by atoms with van der Waals surface area (Å²) in [5.74, 6) is 0.121. The largest absolute Gasteiger partial charge is 0.484 e. The van der Waals surface area contributed by atoms with Gasteiger partial charge in [0.15, 0.2) is 6.61 Å². The summed E-state index contributed by atoms with van der Waals surface area (Å²) in [6.45, 7) is 10.8. The Hall–Kier alpha value is -2.24. The number of carbonyl (C=O) groups is 2. The Morgan fingerprint density at radius 2 is 1.73 bits per heavy atom. The van der Waals surface area contributed by atoms with Gasteiger partial charge in [0, 0.05) is 23.1 Å². The normalized spacial score (nSPS) is 12.2. The first-order valence-electron chi connectivity index (χ1n) is 11.3. The fourth-order valence-corrected chi connectivity index (χ4v) is 3.87. The molecular weight excluding hydrogens is 459 g/mol. The van der Waals surface area contributed by atoms with Crippen LogP contribution in [-0.4, -0.2) is 35.9 Å². The highest BCUT2D eigenvalue weighted by molar-refractivity contribution is 6.35. The van der Waals surface area contributed by atoms with Gasteiger partial charge in [-0.1, -0.05) is 76.0 Å². The molecule has 0 saturated heterocycles. The number of rotatable bonds is 10. The maximum atomic E-state index is 13.3. The van der Waals surface area contributed by atoms with Gasteiger partial charge >= 0.3 is 0 Å². The number of hydrogen-bond donors (Lipinski definition) is 1. The lowest BCUT2D eigenvalue weighted by atomic mass is 9.87. The van der Waals surface area contributed by atoms with Gasteiger partial charge in [0.25, 0.3) is 5.91 Å². The molecule has 0 bridgehead atoms. The second-order valence-electron chi connectivity index (χ2n) is 9.04. The summed E-state index contributed by atoms with van der Waals surface area (Å²) in [5, 5.41) is 3.85. The van der Waals surface area contributed by atoms with Crippen LogP contribution in [0, 0.1) is 0 Å². The minimum Gasteiger partial charge on any atom is -0.484 e. The Labute approximate surface area is 207 Å². The molecule has 33 heavy (non-hydrogen) atoms. The number of carbonyl (C=O) groups excluding carboxylic acids is 2. The third kappa shape index (κ3) is 7.94. The molecule has 0 fully saturated rings. The molecule has 1 N–H and O–H groups in total. The van der Waals surface area contributed by atoms with E-state index in [9.17, 15) is 9.59 Å². The molecule has 2 rings (SSSR count). The zero-order chi connectivity index (χ0) is 24.6. The van der Waals surface area contributed by atoms with Crippen LogP contribution in [0.15, 0.2) is 42.5 Å². The predicted molar refractivity (Wildman–Crippen MR) is 135 cm³/mol. The van der Waals surface area contributed by atoms with E-state index < -0.39 is 6.04 Å². The van der Waals surface area contributed by atoms with Gasteiger partial charge in [-0.05, 0) is 53.6 Å². The maximum absolute atomic E-state index is 13.3. The smallest absolute Gasteiger partial charge is 0.261 e. The van der Waals surface area contributed by atoms with Crippen molar-refractivity contribution in [2.75, 3.05) is 13.2 Å². The number of nitrogens with zero attached hydrogens (tertiary/aromatic N) is 1. The van der Waals surface area contributed by atoms with E-state index in [1.165, 1.54) is 10.5 Å². The van der Waals surface area contributed by atoms with Crippen LogP contribution in [0.2, 0.25) is 10.0 Å². The second kappa shape index (κ2) is 12.3. The Kier molecular flexibility index (Phi) is 10.1. The van der Waals surface area contributed by atoms with E-state index in [4.69, 9.17) is 27.9 Å². The predicted octanol–water partition coefficient (Wildman–Crippen LogP) is 6.00. The molecule has 0 aliphatic heterocycles. The van der Waals surface area contributed by atoms with Crippen molar-refractivity contribution in [1.82, 2.24) is 10.2 Å². The first-order chi connectivity index (χ1) is 15.6. The highest BCUT2D eigenvalue weighted by Gasteiger charge is 2.29. The van der Waals surface area contributed by atoms with Crippen molar-refractivity contribution in [2.45, 2.75) is 65.5 Å². The quantitative estimate of drug-likeness (QED) is 0.442. The zero-order valence-electron chi connectivity index (χ0n) is 20.1. The van der Waals surface area contributed by atoms with Gasteiger partial charge in [0.05, 0.1) is 0 Å². The molecule has 2 amide bonds. The summed E-state index contributed by atoms with van der Waals surface area (Å²) in [4.78, 5) is 27.6. The Morgan fingerprint density at radius 3 is 2.27 bits per heavy atom. The van der Waals surface area contributed by atoms with Crippen LogP contribution in [0.1, 0.15) is 58.6 Å². The van der Waals surface area contributed by atoms with Gasteiger partial charge in [-0.15, -0.1) is 0 Å². The number of halogens is 2. The molecule has 2 aromatic carbocycles. The monoisotopic (exact) mass is 492 g/mol. The minimum atomic E-state index is -0.636. The number of hydrogen-bond acceptors (Lipinski definition) is 3. The van der Waals surface area contributed by atoms with Crippen LogP contribution < -0.4 is 10.1 Å². The third-order valence-corrected chi connectivity index (χ3v) is 5.96. The van der Waals surface area contributed by atoms with E-state index in [2.05, 4.69) is 26.1 Å². The van der Waals surface area contributed by atoms with E-state index >= 15 is 0 Å². The molecule has 0 spiro atoms. The molecular formula is C26H34Cl2N2O3. The first kappa shape index (κ1) is 27.0. The molecule has 5 nitrogen and oxygen atoms in total. The van der Waals surface area contributed by atoms with Crippen LogP contribution in [0.3, 0.4) is 0 Å². The van der Waals surface area contributed by atoms with Crippen molar-refractivity contribution in [3.05, 3.63) is 63.6 Å². The van der Waals surface area contributed by atoms with Crippen LogP contribution in [0.25, 0.3) is 0 Å². The summed E-state index contributed by atoms with van der Waals surface area (Å²) < 4.78 is 5.78. The van der Waals surface area contributed by atoms with Gasteiger partial charge in [-0.25, -0.2) is 0 Å². The highest BCUT2D eigenvalue weighted by atomic mass is 35.5. The fraction of sp³-hybridized carbons (Fsp3) is 0.462. The molecule has 1 atom stereocenters. The molecule has 0 aromatic heterocycles. The molecule has 0 saturated carbocycles. The third-order valence-electron chi connectivity index (χ3n) is 5.37.